The molecule has 0 aromatic carbocycles. The molecule has 1 aliphatic heterocycles. The Morgan fingerprint density at radius 2 is 2.19 bits per heavy atom. The summed E-state index contributed by atoms with van der Waals surface area (Å²) >= 11 is 0. The van der Waals surface area contributed by atoms with Crippen molar-refractivity contribution in [3.8, 4) is 0 Å². The van der Waals surface area contributed by atoms with Gasteiger partial charge in [-0.1, -0.05) is 0 Å². The molecule has 0 aliphatic carbocycles. The highest BCUT2D eigenvalue weighted by molar-refractivity contribution is 5.76. The molecular formula is C12H23NO3. The third kappa shape index (κ3) is 4.10. The van der Waals surface area contributed by atoms with Crippen LogP contribution in [-0.4, -0.2) is 47.3 Å². The second-order valence-corrected chi connectivity index (χ2v) is 5.30. The molecule has 0 bridgehead atoms. The molecule has 1 fully saturated rings. The van der Waals surface area contributed by atoms with Crippen LogP contribution in [0.5, 0.6) is 0 Å². The molecule has 0 amide bonds. The van der Waals surface area contributed by atoms with E-state index in [9.17, 15) is 4.79 Å². The number of esters is 1. The number of carbonyl (C=O) groups excluding carboxylic acids is 1. The van der Waals surface area contributed by atoms with Crippen molar-refractivity contribution in [1.82, 2.24) is 4.90 Å². The van der Waals surface area contributed by atoms with Gasteiger partial charge in [-0.05, 0) is 46.6 Å². The fourth-order valence-corrected chi connectivity index (χ4v) is 2.00. The molecule has 0 aromatic rings. The minimum Gasteiger partial charge on any atom is -0.459 e. The molecule has 0 spiro atoms. The van der Waals surface area contributed by atoms with Crippen LogP contribution in [-0.2, 0) is 9.53 Å². The molecule has 1 saturated heterocycles. The average molecular weight is 229 g/mol. The van der Waals surface area contributed by atoms with Crippen LogP contribution in [0.15, 0.2) is 0 Å². The summed E-state index contributed by atoms with van der Waals surface area (Å²) in [5.41, 5.74) is -0.414. The number of aliphatic hydroxyl groups is 1. The van der Waals surface area contributed by atoms with E-state index in [1.165, 1.54) is 0 Å². The summed E-state index contributed by atoms with van der Waals surface area (Å²) in [5, 5.41) is 8.80. The fraction of sp³-hybridized carbons (Fsp3) is 0.917. The maximum atomic E-state index is 11.9. The van der Waals surface area contributed by atoms with Gasteiger partial charge in [0.1, 0.15) is 11.6 Å². The number of aliphatic hydroxyl groups excluding tert-OH is 1. The molecule has 16 heavy (non-hydrogen) atoms. The smallest absolute Gasteiger partial charge is 0.323 e. The molecular weight excluding hydrogens is 206 g/mol. The van der Waals surface area contributed by atoms with Crippen molar-refractivity contribution in [2.45, 2.75) is 51.7 Å². The van der Waals surface area contributed by atoms with Gasteiger partial charge < -0.3 is 9.84 Å². The van der Waals surface area contributed by atoms with E-state index in [0.29, 0.717) is 0 Å². The van der Waals surface area contributed by atoms with Crippen LogP contribution in [0.1, 0.15) is 40.0 Å². The van der Waals surface area contributed by atoms with E-state index in [4.69, 9.17) is 9.84 Å². The van der Waals surface area contributed by atoms with E-state index < -0.39 is 5.60 Å². The van der Waals surface area contributed by atoms with E-state index in [1.54, 1.807) is 0 Å². The minimum atomic E-state index is -0.414. The van der Waals surface area contributed by atoms with Crippen LogP contribution in [0, 0.1) is 0 Å². The summed E-state index contributed by atoms with van der Waals surface area (Å²) in [6.07, 6.45) is 2.63. The van der Waals surface area contributed by atoms with Crippen LogP contribution in [0.4, 0.5) is 0 Å². The first-order valence-electron chi connectivity index (χ1n) is 6.02. The van der Waals surface area contributed by atoms with E-state index in [0.717, 1.165) is 32.4 Å². The lowest BCUT2D eigenvalue weighted by molar-refractivity contribution is -0.160. The topological polar surface area (TPSA) is 49.8 Å². The largest absolute Gasteiger partial charge is 0.459 e. The van der Waals surface area contributed by atoms with E-state index >= 15 is 0 Å². The summed E-state index contributed by atoms with van der Waals surface area (Å²) in [6, 6.07) is -0.106. The molecule has 1 rings (SSSR count). The Kier molecular flexibility index (Phi) is 4.74. The Bertz CT molecular complexity index is 235. The highest BCUT2D eigenvalue weighted by atomic mass is 16.6. The SMILES string of the molecule is CC(C)(C)OC(=O)[C@@H]1CCCN1CCCO. The first-order chi connectivity index (χ1) is 7.44. The molecule has 1 N–H and O–H groups in total. The van der Waals surface area contributed by atoms with Crippen molar-refractivity contribution >= 4 is 5.97 Å². The molecule has 1 atom stereocenters. The quantitative estimate of drug-likeness (QED) is 0.735. The van der Waals surface area contributed by atoms with Crippen molar-refractivity contribution < 1.29 is 14.6 Å². The maximum Gasteiger partial charge on any atom is 0.323 e. The second-order valence-electron chi connectivity index (χ2n) is 5.30. The zero-order chi connectivity index (χ0) is 12.2. The minimum absolute atomic E-state index is 0.106. The fourth-order valence-electron chi connectivity index (χ4n) is 2.00. The van der Waals surface area contributed by atoms with Gasteiger partial charge in [0.25, 0.3) is 0 Å². The van der Waals surface area contributed by atoms with E-state index in [-0.39, 0.29) is 18.6 Å². The highest BCUT2D eigenvalue weighted by Crippen LogP contribution is 2.21. The van der Waals surface area contributed by atoms with E-state index in [2.05, 4.69) is 4.90 Å². The lowest BCUT2D eigenvalue weighted by Crippen LogP contribution is -2.41. The monoisotopic (exact) mass is 229 g/mol. The van der Waals surface area contributed by atoms with Crippen LogP contribution in [0.3, 0.4) is 0 Å². The second kappa shape index (κ2) is 5.64. The zero-order valence-electron chi connectivity index (χ0n) is 10.5. The Labute approximate surface area is 97.6 Å². The molecule has 4 heteroatoms. The number of carbonyl (C=O) groups is 1. The standard InChI is InChI=1S/C12H23NO3/c1-12(2,3)16-11(15)10-6-4-7-13(10)8-5-9-14/h10,14H,4-9H2,1-3H3/t10-/m0/s1. The highest BCUT2D eigenvalue weighted by Gasteiger charge is 2.33. The molecule has 1 heterocycles. The molecule has 0 radical (unpaired) electrons. The number of nitrogens with zero attached hydrogens (tertiary/aromatic N) is 1. The summed E-state index contributed by atoms with van der Waals surface area (Å²) in [7, 11) is 0. The van der Waals surface area contributed by atoms with Crippen LogP contribution in [0.25, 0.3) is 0 Å². The van der Waals surface area contributed by atoms with Gasteiger partial charge in [-0.3, -0.25) is 9.69 Å². The Hall–Kier alpha value is -0.610. The van der Waals surface area contributed by atoms with Gasteiger partial charge in [0.15, 0.2) is 0 Å². The first kappa shape index (κ1) is 13.5. The van der Waals surface area contributed by atoms with Crippen molar-refractivity contribution in [1.29, 1.82) is 0 Å². The Balaban J connectivity index is 2.47. The van der Waals surface area contributed by atoms with Gasteiger partial charge >= 0.3 is 5.97 Å². The van der Waals surface area contributed by atoms with Gasteiger partial charge in [0.2, 0.25) is 0 Å². The van der Waals surface area contributed by atoms with Crippen molar-refractivity contribution in [3.05, 3.63) is 0 Å². The molecule has 0 unspecified atom stereocenters. The molecule has 0 aromatic heterocycles. The third-order valence-electron chi connectivity index (χ3n) is 2.65. The van der Waals surface area contributed by atoms with Crippen molar-refractivity contribution in [2.24, 2.45) is 0 Å². The summed E-state index contributed by atoms with van der Waals surface area (Å²) < 4.78 is 5.39. The van der Waals surface area contributed by atoms with Gasteiger partial charge in [-0.25, -0.2) is 0 Å². The lowest BCUT2D eigenvalue weighted by atomic mass is 10.1. The average Bonchev–Trinajstić information content (AvgIpc) is 2.59. The number of hydrogen-bond donors (Lipinski definition) is 1. The van der Waals surface area contributed by atoms with Crippen molar-refractivity contribution in [2.75, 3.05) is 19.7 Å². The molecule has 1 aliphatic rings. The number of rotatable bonds is 4. The number of likely N-dealkylation sites (tertiary alicyclic amines) is 1. The summed E-state index contributed by atoms with van der Waals surface area (Å²) in [5.74, 6) is -0.122. The summed E-state index contributed by atoms with van der Waals surface area (Å²) in [6.45, 7) is 7.55. The van der Waals surface area contributed by atoms with Crippen LogP contribution < -0.4 is 0 Å². The van der Waals surface area contributed by atoms with E-state index in [1.807, 2.05) is 20.8 Å². The van der Waals surface area contributed by atoms with Gasteiger partial charge in [-0.15, -0.1) is 0 Å². The summed E-state index contributed by atoms with van der Waals surface area (Å²) in [4.78, 5) is 14.0. The number of ether oxygens (including phenoxy) is 1. The van der Waals surface area contributed by atoms with Crippen LogP contribution in [0.2, 0.25) is 0 Å². The first-order valence-corrected chi connectivity index (χ1v) is 6.02. The molecule has 94 valence electrons. The Morgan fingerprint density at radius 1 is 1.50 bits per heavy atom. The maximum absolute atomic E-state index is 11.9. The van der Waals surface area contributed by atoms with Gasteiger partial charge in [-0.2, -0.15) is 0 Å². The van der Waals surface area contributed by atoms with Crippen LogP contribution >= 0.6 is 0 Å². The lowest BCUT2D eigenvalue weighted by Gasteiger charge is -2.27. The van der Waals surface area contributed by atoms with Crippen molar-refractivity contribution in [3.63, 3.8) is 0 Å². The molecule has 0 saturated carbocycles. The van der Waals surface area contributed by atoms with Gasteiger partial charge in [0.05, 0.1) is 0 Å². The number of hydrogen-bond acceptors (Lipinski definition) is 4. The zero-order valence-corrected chi connectivity index (χ0v) is 10.5. The third-order valence-corrected chi connectivity index (χ3v) is 2.65. The predicted molar refractivity (Wildman–Crippen MR) is 62.1 cm³/mol. The normalized spacial score (nSPS) is 22.4. The van der Waals surface area contributed by atoms with Gasteiger partial charge in [0, 0.05) is 13.2 Å². The predicted octanol–water partition coefficient (Wildman–Crippen LogP) is 1.17. The molecule has 4 nitrogen and oxygen atoms in total. The Morgan fingerprint density at radius 3 is 2.75 bits per heavy atom.